The van der Waals surface area contributed by atoms with Crippen molar-refractivity contribution in [3.05, 3.63) is 90.0 Å². The van der Waals surface area contributed by atoms with Gasteiger partial charge in [-0.25, -0.2) is 8.42 Å². The predicted octanol–water partition coefficient (Wildman–Crippen LogP) is 5.77. The molecule has 0 unspecified atom stereocenters. The van der Waals surface area contributed by atoms with E-state index in [1.807, 2.05) is 30.3 Å². The van der Waals surface area contributed by atoms with Gasteiger partial charge in [-0.15, -0.1) is 11.8 Å². The molecule has 0 radical (unpaired) electrons. The molecule has 3 aromatic rings. The van der Waals surface area contributed by atoms with Crippen molar-refractivity contribution in [2.75, 3.05) is 10.0 Å². The lowest BCUT2D eigenvalue weighted by molar-refractivity contribution is -0.137. The van der Waals surface area contributed by atoms with Crippen LogP contribution < -0.4 is 10.0 Å². The minimum absolute atomic E-state index is 0.149. The zero-order chi connectivity index (χ0) is 24.1. The van der Waals surface area contributed by atoms with Gasteiger partial charge in [0.25, 0.3) is 10.0 Å². The van der Waals surface area contributed by atoms with Gasteiger partial charge < -0.3 is 5.32 Å². The predicted molar refractivity (Wildman–Crippen MR) is 125 cm³/mol. The normalized spacial score (nSPS) is 12.7. The quantitative estimate of drug-likeness (QED) is 0.417. The number of thioether (sulfide) groups is 1. The lowest BCUT2D eigenvalue weighted by atomic mass is 10.2. The lowest BCUT2D eigenvalue weighted by Gasteiger charge is -2.13. The molecule has 2 N–H and O–H groups in total. The summed E-state index contributed by atoms with van der Waals surface area (Å²) in [4.78, 5) is 12.3. The largest absolute Gasteiger partial charge is 0.416 e. The molecule has 0 saturated carbocycles. The first-order valence-corrected chi connectivity index (χ1v) is 12.3. The second-order valence-corrected chi connectivity index (χ2v) is 10.1. The van der Waals surface area contributed by atoms with Gasteiger partial charge in [0, 0.05) is 17.1 Å². The van der Waals surface area contributed by atoms with Crippen LogP contribution in [0, 0.1) is 0 Å². The van der Waals surface area contributed by atoms with Gasteiger partial charge >= 0.3 is 6.18 Å². The van der Waals surface area contributed by atoms with Crippen LogP contribution in [-0.4, -0.2) is 19.6 Å². The van der Waals surface area contributed by atoms with Gasteiger partial charge in [0.05, 0.1) is 15.7 Å². The molecule has 5 nitrogen and oxygen atoms in total. The molecule has 0 aliphatic heterocycles. The maximum absolute atomic E-state index is 12.9. The summed E-state index contributed by atoms with van der Waals surface area (Å²) in [5, 5.41) is 2.39. The SMILES string of the molecule is C[C@H](SCc1ccccc1)C(=O)Nc1ccc(S(=O)(=O)Nc2cccc(C(F)(F)F)c2)cc1. The van der Waals surface area contributed by atoms with Crippen molar-refractivity contribution < 1.29 is 26.4 Å². The molecule has 0 aliphatic carbocycles. The number of amides is 1. The van der Waals surface area contributed by atoms with Gasteiger partial charge in [-0.2, -0.15) is 13.2 Å². The molecule has 0 aromatic heterocycles. The number of rotatable bonds is 8. The summed E-state index contributed by atoms with van der Waals surface area (Å²) in [7, 11) is -4.11. The maximum atomic E-state index is 12.9. The fourth-order valence-electron chi connectivity index (χ4n) is 2.81. The van der Waals surface area contributed by atoms with Crippen LogP contribution in [0.4, 0.5) is 24.5 Å². The standard InChI is InChI=1S/C23H21F3N2O3S2/c1-16(32-15-17-6-3-2-4-7-17)22(29)27-19-10-12-21(13-11-19)33(30,31)28-20-9-5-8-18(14-20)23(24,25)26/h2-14,16,28H,15H2,1H3,(H,27,29)/t16-/m0/s1. The van der Waals surface area contributed by atoms with Crippen LogP contribution in [0.1, 0.15) is 18.1 Å². The third-order valence-corrected chi connectivity index (χ3v) is 7.20. The number of nitrogens with one attached hydrogen (secondary N) is 2. The van der Waals surface area contributed by atoms with Crippen molar-refractivity contribution in [2.45, 2.75) is 29.0 Å². The number of hydrogen-bond donors (Lipinski definition) is 2. The van der Waals surface area contributed by atoms with Crippen molar-refractivity contribution >= 4 is 39.1 Å². The fraction of sp³-hybridized carbons (Fsp3) is 0.174. The minimum Gasteiger partial charge on any atom is -0.325 e. The van der Waals surface area contributed by atoms with Crippen LogP contribution in [0.2, 0.25) is 0 Å². The maximum Gasteiger partial charge on any atom is 0.416 e. The number of carbonyl (C=O) groups excluding carboxylic acids is 1. The molecule has 3 rings (SSSR count). The van der Waals surface area contributed by atoms with Crippen molar-refractivity contribution in [3.8, 4) is 0 Å². The molecule has 1 atom stereocenters. The molecule has 0 bridgehead atoms. The van der Waals surface area contributed by atoms with E-state index in [0.717, 1.165) is 23.8 Å². The smallest absolute Gasteiger partial charge is 0.325 e. The summed E-state index contributed by atoms with van der Waals surface area (Å²) in [5.74, 6) is 0.446. The number of carbonyl (C=O) groups is 1. The van der Waals surface area contributed by atoms with Crippen LogP contribution >= 0.6 is 11.8 Å². The van der Waals surface area contributed by atoms with Gasteiger partial charge in [-0.1, -0.05) is 36.4 Å². The molecular formula is C23H21F3N2O3S2. The van der Waals surface area contributed by atoms with Crippen molar-refractivity contribution in [1.29, 1.82) is 0 Å². The monoisotopic (exact) mass is 494 g/mol. The summed E-state index contributed by atoms with van der Waals surface area (Å²) < 4.78 is 65.8. The molecule has 10 heteroatoms. The first-order valence-electron chi connectivity index (χ1n) is 9.81. The van der Waals surface area contributed by atoms with Crippen LogP contribution in [0.5, 0.6) is 0 Å². The second-order valence-electron chi connectivity index (χ2n) is 7.14. The highest BCUT2D eigenvalue weighted by atomic mass is 32.2. The highest BCUT2D eigenvalue weighted by Crippen LogP contribution is 2.31. The highest BCUT2D eigenvalue weighted by molar-refractivity contribution is 7.99. The minimum atomic E-state index is -4.59. The zero-order valence-electron chi connectivity index (χ0n) is 17.5. The van der Waals surface area contributed by atoms with Gasteiger partial charge in [0.1, 0.15) is 0 Å². The van der Waals surface area contributed by atoms with E-state index in [1.165, 1.54) is 42.1 Å². The van der Waals surface area contributed by atoms with E-state index in [1.54, 1.807) is 6.92 Å². The first-order chi connectivity index (χ1) is 15.5. The molecule has 0 spiro atoms. The number of alkyl halides is 3. The van der Waals surface area contributed by atoms with Crippen molar-refractivity contribution in [1.82, 2.24) is 0 Å². The molecule has 33 heavy (non-hydrogen) atoms. The number of anilines is 2. The van der Waals surface area contributed by atoms with Gasteiger partial charge in [0.15, 0.2) is 0 Å². The Labute approximate surface area is 194 Å². The second kappa shape index (κ2) is 10.3. The number of sulfonamides is 1. The Hall–Kier alpha value is -2.98. The summed E-state index contributed by atoms with van der Waals surface area (Å²) in [5.41, 5.74) is 0.349. The third kappa shape index (κ3) is 7.00. The van der Waals surface area contributed by atoms with Crippen molar-refractivity contribution in [2.24, 2.45) is 0 Å². The van der Waals surface area contributed by atoms with Crippen molar-refractivity contribution in [3.63, 3.8) is 0 Å². The molecule has 0 fully saturated rings. The lowest BCUT2D eigenvalue weighted by Crippen LogP contribution is -2.22. The van der Waals surface area contributed by atoms with E-state index in [9.17, 15) is 26.4 Å². The van der Waals surface area contributed by atoms with Gasteiger partial charge in [-0.3, -0.25) is 9.52 Å². The average Bonchev–Trinajstić information content (AvgIpc) is 2.78. The summed E-state index contributed by atoms with van der Waals surface area (Å²) in [6.07, 6.45) is -4.59. The Morgan fingerprint density at radius 2 is 1.61 bits per heavy atom. The molecule has 1 amide bonds. The Kier molecular flexibility index (Phi) is 7.70. The average molecular weight is 495 g/mol. The fourth-order valence-corrected chi connectivity index (χ4v) is 4.70. The Morgan fingerprint density at radius 1 is 0.939 bits per heavy atom. The highest BCUT2D eigenvalue weighted by Gasteiger charge is 2.30. The molecule has 3 aromatic carbocycles. The first kappa shape index (κ1) is 24.7. The summed E-state index contributed by atoms with van der Waals surface area (Å²) in [6, 6.07) is 19.1. The van der Waals surface area contributed by atoms with E-state index in [4.69, 9.17) is 0 Å². The summed E-state index contributed by atoms with van der Waals surface area (Å²) >= 11 is 1.47. The Morgan fingerprint density at radius 3 is 2.24 bits per heavy atom. The molecule has 0 heterocycles. The zero-order valence-corrected chi connectivity index (χ0v) is 19.1. The van der Waals surface area contributed by atoms with Crippen LogP contribution in [0.3, 0.4) is 0 Å². The molecule has 0 aliphatic rings. The van der Waals surface area contributed by atoms with E-state index >= 15 is 0 Å². The molecule has 0 saturated heterocycles. The van der Waals surface area contributed by atoms with Gasteiger partial charge in [0.2, 0.25) is 5.91 Å². The number of halogens is 3. The number of benzene rings is 3. The number of hydrogen-bond acceptors (Lipinski definition) is 4. The van der Waals surface area contributed by atoms with Crippen LogP contribution in [0.15, 0.2) is 83.8 Å². The van der Waals surface area contributed by atoms with E-state index in [0.29, 0.717) is 11.4 Å². The Bertz CT molecular complexity index is 1200. The van der Waals surface area contributed by atoms with E-state index < -0.39 is 21.8 Å². The van der Waals surface area contributed by atoms with E-state index in [-0.39, 0.29) is 21.7 Å². The Balaban J connectivity index is 1.61. The third-order valence-electron chi connectivity index (χ3n) is 4.59. The van der Waals surface area contributed by atoms with Gasteiger partial charge in [-0.05, 0) is 55.0 Å². The van der Waals surface area contributed by atoms with Crippen LogP contribution in [0.25, 0.3) is 0 Å². The van der Waals surface area contributed by atoms with Crippen LogP contribution in [-0.2, 0) is 26.7 Å². The molecule has 174 valence electrons. The summed E-state index contributed by atoms with van der Waals surface area (Å²) in [6.45, 7) is 1.78. The van der Waals surface area contributed by atoms with E-state index in [2.05, 4.69) is 10.0 Å². The molecular weight excluding hydrogens is 473 g/mol. The topological polar surface area (TPSA) is 75.3 Å².